The zero-order valence-electron chi connectivity index (χ0n) is 29.7. The molecule has 0 rings (SSSR count). The fourth-order valence-corrected chi connectivity index (χ4v) is 3.66. The van der Waals surface area contributed by atoms with Crippen molar-refractivity contribution >= 4 is 18.5 Å². The quantitative estimate of drug-likeness (QED) is 0.0451. The van der Waals surface area contributed by atoms with Crippen molar-refractivity contribution in [3.05, 3.63) is 0 Å². The van der Waals surface area contributed by atoms with Gasteiger partial charge in [-0.25, -0.2) is 9.59 Å². The first kappa shape index (κ1) is 54.6. The maximum absolute atomic E-state index is 13.0. The number of hydrogen-bond acceptors (Lipinski definition) is 12. The molecular formula is C28H40BF16O12-. The number of halogens is 16. The van der Waals surface area contributed by atoms with Crippen LogP contribution in [0.25, 0.3) is 0 Å². The number of hydrogen-bond donors (Lipinski definition) is 0. The van der Waals surface area contributed by atoms with Gasteiger partial charge < -0.3 is 47.2 Å². The molecule has 29 heteroatoms. The maximum Gasteiger partial charge on any atom is 0.486 e. The lowest BCUT2D eigenvalue weighted by Crippen LogP contribution is -2.51. The Bertz CT molecular complexity index is 1020. The van der Waals surface area contributed by atoms with E-state index in [1.165, 1.54) is 0 Å². The lowest BCUT2D eigenvalue weighted by molar-refractivity contribution is -0.287. The van der Waals surface area contributed by atoms with E-state index in [-0.39, 0.29) is 79.3 Å². The fourth-order valence-electron chi connectivity index (χ4n) is 3.66. The molecule has 0 unspecified atom stereocenters. The summed E-state index contributed by atoms with van der Waals surface area (Å²) in [7, 11) is 0. The zero-order valence-corrected chi connectivity index (χ0v) is 29.7. The molecule has 0 atom stereocenters. The Morgan fingerprint density at radius 2 is 0.544 bits per heavy atom. The van der Waals surface area contributed by atoms with Gasteiger partial charge in [-0.3, -0.25) is 0 Å². The van der Waals surface area contributed by atoms with E-state index in [0.29, 0.717) is 0 Å². The number of ether oxygens (including phenoxy) is 8. The molecule has 0 amide bonds. The van der Waals surface area contributed by atoms with Crippen LogP contribution in [0.2, 0.25) is 12.6 Å². The van der Waals surface area contributed by atoms with E-state index in [0.717, 1.165) is 0 Å². The lowest BCUT2D eigenvalue weighted by Gasteiger charge is -2.40. The van der Waals surface area contributed by atoms with Gasteiger partial charge in [-0.2, -0.15) is 70.2 Å². The average Bonchev–Trinajstić information content (AvgIpc) is 3.06. The van der Waals surface area contributed by atoms with Gasteiger partial charge in [0.2, 0.25) is 0 Å². The average molecular weight is 883 g/mol. The van der Waals surface area contributed by atoms with Gasteiger partial charge in [-0.05, 0) is 0 Å². The molecule has 0 aromatic rings. The minimum Gasteiger partial charge on any atom is -0.649 e. The van der Waals surface area contributed by atoms with E-state index >= 15 is 0 Å². The fraction of sp³-hybridized carbons (Fsp3) is 0.929. The number of rotatable bonds is 32. The van der Waals surface area contributed by atoms with Gasteiger partial charge in [0.1, 0.15) is 0 Å². The third-order valence-corrected chi connectivity index (χ3v) is 6.69. The Hall–Kier alpha value is -2.44. The monoisotopic (exact) mass is 883 g/mol. The maximum atomic E-state index is 13.0. The highest BCUT2D eigenvalue weighted by Crippen LogP contribution is 2.39. The molecule has 0 aliphatic carbocycles. The smallest absolute Gasteiger partial charge is 0.486 e. The predicted octanol–water partition coefficient (Wildman–Crippen LogP) is 5.95. The largest absolute Gasteiger partial charge is 0.649 e. The molecule has 0 spiro atoms. The molecule has 0 aromatic heterocycles. The minimum absolute atomic E-state index is 0.129. The van der Waals surface area contributed by atoms with Crippen molar-refractivity contribution in [3.63, 3.8) is 0 Å². The van der Waals surface area contributed by atoms with Gasteiger partial charge in [0.05, 0.1) is 92.5 Å². The van der Waals surface area contributed by atoms with Crippen LogP contribution in [0.5, 0.6) is 0 Å². The summed E-state index contributed by atoms with van der Waals surface area (Å²) >= 11 is 0. The van der Waals surface area contributed by atoms with Crippen LogP contribution in [-0.2, 0) is 56.8 Å². The van der Waals surface area contributed by atoms with Crippen molar-refractivity contribution in [2.24, 2.45) is 0 Å². The van der Waals surface area contributed by atoms with Crippen LogP contribution in [0.4, 0.5) is 70.2 Å². The Labute approximate surface area is 313 Å². The normalized spacial score (nSPS) is 13.6. The summed E-state index contributed by atoms with van der Waals surface area (Å²) in [5, 5.41) is 0. The van der Waals surface area contributed by atoms with E-state index in [4.69, 9.17) is 28.4 Å². The van der Waals surface area contributed by atoms with Crippen LogP contribution in [0.3, 0.4) is 0 Å². The van der Waals surface area contributed by atoms with Crippen molar-refractivity contribution in [1.82, 2.24) is 0 Å². The molecule has 12 nitrogen and oxygen atoms in total. The van der Waals surface area contributed by atoms with Crippen LogP contribution >= 0.6 is 0 Å². The molecule has 0 radical (unpaired) electrons. The zero-order chi connectivity index (χ0) is 43.9. The van der Waals surface area contributed by atoms with E-state index in [9.17, 15) is 79.8 Å². The van der Waals surface area contributed by atoms with Gasteiger partial charge in [-0.15, -0.1) is 0 Å². The first-order chi connectivity index (χ1) is 26.2. The molecule has 0 aliphatic rings. The topological polar surface area (TPSA) is 126 Å². The van der Waals surface area contributed by atoms with Crippen molar-refractivity contribution in [2.45, 2.75) is 62.0 Å². The molecule has 340 valence electrons. The van der Waals surface area contributed by atoms with Gasteiger partial charge in [0.15, 0.2) is 0 Å². The molecule has 0 saturated heterocycles. The summed E-state index contributed by atoms with van der Waals surface area (Å²) in [5.74, 6) is -15.8. The molecule has 0 saturated carbocycles. The van der Waals surface area contributed by atoms with E-state index in [2.05, 4.69) is 18.8 Å². The molecule has 57 heavy (non-hydrogen) atoms. The van der Waals surface area contributed by atoms with E-state index < -0.39 is 107 Å². The summed E-state index contributed by atoms with van der Waals surface area (Å²) in [6.07, 6.45) is -28.1. The van der Waals surface area contributed by atoms with Crippen molar-refractivity contribution in [1.29, 1.82) is 0 Å². The summed E-state index contributed by atoms with van der Waals surface area (Å²) in [5.41, 5.74) is 0. The van der Waals surface area contributed by atoms with Crippen molar-refractivity contribution < 1.29 is 127 Å². The van der Waals surface area contributed by atoms with Gasteiger partial charge in [-0.1, -0.05) is 12.6 Å². The summed E-state index contributed by atoms with van der Waals surface area (Å²) in [6, 6.07) is 0. The lowest BCUT2D eigenvalue weighted by atomic mass is 9.51. The molecule has 0 heterocycles. The first-order valence-electron chi connectivity index (χ1n) is 16.5. The number of carbonyl (C=O) groups is 2. The van der Waals surface area contributed by atoms with Gasteiger partial charge in [0.25, 0.3) is 0 Å². The molecular weight excluding hydrogens is 843 g/mol. The molecule has 0 fully saturated rings. The van der Waals surface area contributed by atoms with Gasteiger partial charge in [0, 0.05) is 26.1 Å². The number of carbonyl (C=O) groups excluding carboxylic acids is 2. The summed E-state index contributed by atoms with van der Waals surface area (Å²) in [6.45, 7) is -10.2. The summed E-state index contributed by atoms with van der Waals surface area (Å²) < 4.78 is 250. The first-order valence-corrected chi connectivity index (χ1v) is 16.5. The van der Waals surface area contributed by atoms with Crippen molar-refractivity contribution in [3.8, 4) is 0 Å². The second-order valence-electron chi connectivity index (χ2n) is 11.2. The SMILES string of the molecule is O=C(O[B-](CCOCCOCCOCCOCCC(F)(F)C(F)(F)F)(CCOCCOCCOCCOCCC(F)(F)C(F)(F)F)OC(=O)C(F)(F)F)C(F)(F)F. The van der Waals surface area contributed by atoms with E-state index in [1.807, 2.05) is 0 Å². The highest BCUT2D eigenvalue weighted by atomic mass is 19.4. The van der Waals surface area contributed by atoms with Crippen molar-refractivity contribution in [2.75, 3.05) is 106 Å². The second kappa shape index (κ2) is 25.9. The Kier molecular flexibility index (Phi) is 24.8. The third kappa shape index (κ3) is 24.9. The standard InChI is InChI=1S/C28H40BF16O12/c30-23(31,27(40,41)42)1-5-48-9-13-52-17-19-54-15-11-50-7-3-29(56-21(46)25(34,35)36,57-22(47)26(37,38)39)4-8-51-12-16-55-20-18-53-14-10-49-6-2-24(32,33)28(43,44)45/h1-20H2/q-1. The third-order valence-electron chi connectivity index (χ3n) is 6.69. The molecule has 0 N–H and O–H groups in total. The number of alkyl halides is 16. The predicted molar refractivity (Wildman–Crippen MR) is 157 cm³/mol. The highest BCUT2D eigenvalue weighted by molar-refractivity contribution is 6.70. The molecule has 0 aliphatic heterocycles. The Morgan fingerprint density at radius 3 is 0.754 bits per heavy atom. The Morgan fingerprint density at radius 1 is 0.333 bits per heavy atom. The minimum atomic E-state index is -5.73. The van der Waals surface area contributed by atoms with Crippen LogP contribution in [0.15, 0.2) is 0 Å². The second-order valence-corrected chi connectivity index (χ2v) is 11.2. The van der Waals surface area contributed by atoms with Gasteiger partial charge >= 0.3 is 55.0 Å². The highest BCUT2D eigenvalue weighted by Gasteiger charge is 2.57. The van der Waals surface area contributed by atoms with Crippen LogP contribution in [0, 0.1) is 0 Å². The van der Waals surface area contributed by atoms with E-state index in [1.54, 1.807) is 0 Å². The van der Waals surface area contributed by atoms with Crippen LogP contribution in [0.1, 0.15) is 12.8 Å². The molecule has 0 bridgehead atoms. The van der Waals surface area contributed by atoms with Crippen LogP contribution in [-0.4, -0.2) is 161 Å². The van der Waals surface area contributed by atoms with Crippen LogP contribution < -0.4 is 0 Å². The summed E-state index contributed by atoms with van der Waals surface area (Å²) in [4.78, 5) is 23.2. The molecule has 0 aromatic carbocycles. The Balaban J connectivity index is 4.67.